The summed E-state index contributed by atoms with van der Waals surface area (Å²) in [6.45, 7) is 4.55. The summed E-state index contributed by atoms with van der Waals surface area (Å²) in [4.78, 5) is 0.398. The van der Waals surface area contributed by atoms with Gasteiger partial charge in [0, 0.05) is 12.6 Å². The monoisotopic (exact) mass is 268 g/mol. The lowest BCUT2D eigenvalue weighted by Crippen LogP contribution is -2.27. The van der Waals surface area contributed by atoms with Gasteiger partial charge in [0.05, 0.1) is 4.90 Å². The van der Waals surface area contributed by atoms with Gasteiger partial charge in [-0.2, -0.15) is 0 Å². The molecule has 2 atom stereocenters. The van der Waals surface area contributed by atoms with Crippen molar-refractivity contribution in [2.24, 2.45) is 5.92 Å². The van der Waals surface area contributed by atoms with Crippen molar-refractivity contribution in [1.29, 1.82) is 0 Å². The summed E-state index contributed by atoms with van der Waals surface area (Å²) < 4.78 is 27.3. The van der Waals surface area contributed by atoms with E-state index in [-0.39, 0.29) is 6.04 Å². The van der Waals surface area contributed by atoms with E-state index in [1.165, 1.54) is 0 Å². The molecule has 2 N–H and O–H groups in total. The number of rotatable bonds is 5. The van der Waals surface area contributed by atoms with Gasteiger partial charge < -0.3 is 5.32 Å². The molecule has 1 saturated carbocycles. The highest BCUT2D eigenvalue weighted by molar-refractivity contribution is 7.89. The van der Waals surface area contributed by atoms with E-state index in [0.29, 0.717) is 17.4 Å². The zero-order chi connectivity index (χ0) is 13.3. The van der Waals surface area contributed by atoms with Gasteiger partial charge in [-0.25, -0.2) is 13.1 Å². The molecule has 1 fully saturated rings. The molecule has 1 aliphatic carbocycles. The Labute approximate surface area is 109 Å². The van der Waals surface area contributed by atoms with E-state index in [1.54, 1.807) is 6.07 Å². The third kappa shape index (κ3) is 2.91. The van der Waals surface area contributed by atoms with Crippen molar-refractivity contribution < 1.29 is 8.42 Å². The second-order valence-corrected chi connectivity index (χ2v) is 6.75. The zero-order valence-corrected chi connectivity index (χ0v) is 11.8. The van der Waals surface area contributed by atoms with Crippen LogP contribution in [0.2, 0.25) is 0 Å². The Hall–Kier alpha value is -0.910. The summed E-state index contributed by atoms with van der Waals surface area (Å²) in [6, 6.07) is 5.67. The molecule has 100 valence electrons. The Bertz CT molecular complexity index is 540. The van der Waals surface area contributed by atoms with Gasteiger partial charge in [0.25, 0.3) is 0 Å². The van der Waals surface area contributed by atoms with Crippen molar-refractivity contribution in [2.45, 2.75) is 37.8 Å². The van der Waals surface area contributed by atoms with Crippen molar-refractivity contribution in [1.82, 2.24) is 10.0 Å². The van der Waals surface area contributed by atoms with Gasteiger partial charge in [0.2, 0.25) is 10.0 Å². The summed E-state index contributed by atoms with van der Waals surface area (Å²) in [7, 11) is -1.53. The highest BCUT2D eigenvalue weighted by Crippen LogP contribution is 2.31. The average molecular weight is 268 g/mol. The SMILES string of the molecule is CNCc1ccc(C)c(S(=O)(=O)NC2CC2C)c1. The van der Waals surface area contributed by atoms with Gasteiger partial charge in [-0.05, 0) is 43.5 Å². The first kappa shape index (κ1) is 13.5. The number of nitrogens with one attached hydrogen (secondary N) is 2. The minimum Gasteiger partial charge on any atom is -0.316 e. The second-order valence-electron chi connectivity index (χ2n) is 5.07. The van der Waals surface area contributed by atoms with Crippen LogP contribution in [0.1, 0.15) is 24.5 Å². The molecule has 18 heavy (non-hydrogen) atoms. The van der Waals surface area contributed by atoms with Crippen LogP contribution in [-0.4, -0.2) is 21.5 Å². The van der Waals surface area contributed by atoms with E-state index >= 15 is 0 Å². The van der Waals surface area contributed by atoms with Gasteiger partial charge >= 0.3 is 0 Å². The Morgan fingerprint density at radius 3 is 2.61 bits per heavy atom. The standard InChI is InChI=1S/C13H20N2O2S/c1-9-4-5-11(8-14-3)7-13(9)18(16,17)15-12-6-10(12)2/h4-5,7,10,12,14-15H,6,8H2,1-3H3. The van der Waals surface area contributed by atoms with Gasteiger partial charge in [-0.15, -0.1) is 0 Å². The molecule has 1 aromatic rings. The third-order valence-electron chi connectivity index (χ3n) is 3.34. The predicted molar refractivity (Wildman–Crippen MR) is 71.8 cm³/mol. The van der Waals surface area contributed by atoms with Gasteiger partial charge in [-0.3, -0.25) is 0 Å². The third-order valence-corrected chi connectivity index (χ3v) is 4.97. The maximum absolute atomic E-state index is 12.3. The van der Waals surface area contributed by atoms with Crippen molar-refractivity contribution >= 4 is 10.0 Å². The number of hydrogen-bond acceptors (Lipinski definition) is 3. The number of hydrogen-bond donors (Lipinski definition) is 2. The first-order valence-corrected chi connectivity index (χ1v) is 7.69. The van der Waals surface area contributed by atoms with Gasteiger partial charge in [0.1, 0.15) is 0 Å². The summed E-state index contributed by atoms with van der Waals surface area (Å²) in [6.07, 6.45) is 0.939. The molecule has 0 spiro atoms. The molecule has 1 aliphatic rings. The summed E-state index contributed by atoms with van der Waals surface area (Å²) in [5, 5.41) is 3.03. The molecular weight excluding hydrogens is 248 g/mol. The minimum absolute atomic E-state index is 0.113. The molecule has 1 aromatic carbocycles. The van der Waals surface area contributed by atoms with E-state index in [0.717, 1.165) is 17.5 Å². The molecule has 2 unspecified atom stereocenters. The van der Waals surface area contributed by atoms with E-state index < -0.39 is 10.0 Å². The predicted octanol–water partition coefficient (Wildman–Crippen LogP) is 1.40. The van der Waals surface area contributed by atoms with Crippen molar-refractivity contribution in [3.8, 4) is 0 Å². The number of benzene rings is 1. The van der Waals surface area contributed by atoms with E-state index in [1.807, 2.05) is 26.1 Å². The molecule has 0 amide bonds. The Morgan fingerprint density at radius 1 is 1.39 bits per heavy atom. The van der Waals surface area contributed by atoms with Crippen LogP contribution in [0, 0.1) is 12.8 Å². The number of aryl methyl sites for hydroxylation is 1. The topological polar surface area (TPSA) is 58.2 Å². The molecule has 0 bridgehead atoms. The first-order chi connectivity index (χ1) is 8.44. The quantitative estimate of drug-likeness (QED) is 0.848. The van der Waals surface area contributed by atoms with E-state index in [4.69, 9.17) is 0 Å². The van der Waals surface area contributed by atoms with Crippen LogP contribution in [0.5, 0.6) is 0 Å². The maximum atomic E-state index is 12.3. The largest absolute Gasteiger partial charge is 0.316 e. The lowest BCUT2D eigenvalue weighted by Gasteiger charge is -2.11. The van der Waals surface area contributed by atoms with Crippen LogP contribution in [-0.2, 0) is 16.6 Å². The minimum atomic E-state index is -3.38. The lowest BCUT2D eigenvalue weighted by molar-refractivity contribution is 0.577. The van der Waals surface area contributed by atoms with Crippen LogP contribution in [0.4, 0.5) is 0 Å². The van der Waals surface area contributed by atoms with E-state index in [2.05, 4.69) is 17.0 Å². The average Bonchev–Trinajstić information content (AvgIpc) is 2.96. The van der Waals surface area contributed by atoms with Crippen LogP contribution in [0.25, 0.3) is 0 Å². The van der Waals surface area contributed by atoms with Crippen molar-refractivity contribution in [2.75, 3.05) is 7.05 Å². The maximum Gasteiger partial charge on any atom is 0.241 e. The fraction of sp³-hybridized carbons (Fsp3) is 0.538. The molecular formula is C13H20N2O2S. The van der Waals surface area contributed by atoms with Gasteiger partial charge in [0.15, 0.2) is 0 Å². The molecule has 0 heterocycles. The molecule has 0 aliphatic heterocycles. The van der Waals surface area contributed by atoms with Crippen LogP contribution >= 0.6 is 0 Å². The fourth-order valence-electron chi connectivity index (χ4n) is 2.00. The fourth-order valence-corrected chi connectivity index (χ4v) is 3.65. The lowest BCUT2D eigenvalue weighted by atomic mass is 10.1. The summed E-state index contributed by atoms with van der Waals surface area (Å²) >= 11 is 0. The normalized spacial score (nSPS) is 23.1. The Kier molecular flexibility index (Phi) is 3.75. The molecule has 5 heteroatoms. The molecule has 0 aromatic heterocycles. The Balaban J connectivity index is 2.27. The summed E-state index contributed by atoms with van der Waals surface area (Å²) in [5.41, 5.74) is 1.77. The van der Waals surface area contributed by atoms with Crippen LogP contribution in [0.3, 0.4) is 0 Å². The van der Waals surface area contributed by atoms with Crippen LogP contribution < -0.4 is 10.0 Å². The molecule has 2 rings (SSSR count). The zero-order valence-electron chi connectivity index (χ0n) is 11.0. The Morgan fingerprint density at radius 2 is 2.06 bits per heavy atom. The number of sulfonamides is 1. The molecule has 4 nitrogen and oxygen atoms in total. The van der Waals surface area contributed by atoms with Gasteiger partial charge in [-0.1, -0.05) is 19.1 Å². The smallest absolute Gasteiger partial charge is 0.241 e. The highest BCUT2D eigenvalue weighted by Gasteiger charge is 2.36. The molecule has 0 radical (unpaired) electrons. The highest BCUT2D eigenvalue weighted by atomic mass is 32.2. The van der Waals surface area contributed by atoms with E-state index in [9.17, 15) is 8.42 Å². The molecule has 0 saturated heterocycles. The summed E-state index contributed by atoms with van der Waals surface area (Å²) in [5.74, 6) is 0.459. The van der Waals surface area contributed by atoms with Crippen molar-refractivity contribution in [3.63, 3.8) is 0 Å². The van der Waals surface area contributed by atoms with Crippen molar-refractivity contribution in [3.05, 3.63) is 29.3 Å². The first-order valence-electron chi connectivity index (χ1n) is 6.20. The van der Waals surface area contributed by atoms with Crippen LogP contribution in [0.15, 0.2) is 23.1 Å². The second kappa shape index (κ2) is 4.99.